The zero-order valence-corrected chi connectivity index (χ0v) is 15.1. The number of aromatic nitrogens is 3. The van der Waals surface area contributed by atoms with Gasteiger partial charge < -0.3 is 9.64 Å². The molecule has 5 rings (SSSR count). The van der Waals surface area contributed by atoms with E-state index >= 15 is 0 Å². The number of fused-ring (bicyclic) bond motifs is 2. The van der Waals surface area contributed by atoms with Crippen molar-refractivity contribution in [2.24, 2.45) is 5.92 Å². The standard InChI is InChI=1S/C21H22N4O2/c26-21(20-8-7-16-3-1-2-4-19(16)23-20)24-11-17-9-10-22-25(17)13-18(12-24)27-14-15-5-6-15/h1-4,7-10,15,18H,5-6,11-14H2/t18-/m1/s1. The number of hydrogen-bond acceptors (Lipinski definition) is 4. The van der Waals surface area contributed by atoms with Crippen LogP contribution in [0.4, 0.5) is 0 Å². The van der Waals surface area contributed by atoms with Crippen molar-refractivity contribution in [1.29, 1.82) is 0 Å². The van der Waals surface area contributed by atoms with E-state index in [1.807, 2.05) is 52.0 Å². The van der Waals surface area contributed by atoms with E-state index in [1.54, 1.807) is 6.20 Å². The lowest BCUT2D eigenvalue weighted by atomic mass is 10.2. The van der Waals surface area contributed by atoms with Crippen molar-refractivity contribution in [1.82, 2.24) is 19.7 Å². The van der Waals surface area contributed by atoms with E-state index in [0.29, 0.717) is 31.2 Å². The Morgan fingerprint density at radius 2 is 2.00 bits per heavy atom. The van der Waals surface area contributed by atoms with E-state index in [-0.39, 0.29) is 12.0 Å². The number of rotatable bonds is 4. The van der Waals surface area contributed by atoms with Gasteiger partial charge in [-0.1, -0.05) is 24.3 Å². The van der Waals surface area contributed by atoms with Gasteiger partial charge in [-0.3, -0.25) is 9.48 Å². The minimum absolute atomic E-state index is 0.0452. The Kier molecular flexibility index (Phi) is 4.13. The Balaban J connectivity index is 1.41. The molecule has 0 bridgehead atoms. The third-order valence-electron chi connectivity index (χ3n) is 5.33. The fourth-order valence-electron chi connectivity index (χ4n) is 3.58. The second kappa shape index (κ2) is 6.78. The minimum atomic E-state index is -0.0598. The molecule has 2 aromatic heterocycles. The van der Waals surface area contributed by atoms with Gasteiger partial charge in [0.05, 0.1) is 30.4 Å². The number of carbonyl (C=O) groups is 1. The molecular weight excluding hydrogens is 340 g/mol. The third-order valence-corrected chi connectivity index (χ3v) is 5.33. The number of amides is 1. The Morgan fingerprint density at radius 3 is 2.89 bits per heavy atom. The number of pyridine rings is 1. The number of hydrogen-bond donors (Lipinski definition) is 0. The van der Waals surface area contributed by atoms with Crippen LogP contribution in [0.2, 0.25) is 0 Å². The van der Waals surface area contributed by atoms with Gasteiger partial charge in [0.15, 0.2) is 0 Å². The van der Waals surface area contributed by atoms with E-state index in [4.69, 9.17) is 4.74 Å². The van der Waals surface area contributed by atoms with Gasteiger partial charge in [0.1, 0.15) is 5.69 Å². The van der Waals surface area contributed by atoms with Crippen molar-refractivity contribution >= 4 is 16.8 Å². The first kappa shape index (κ1) is 16.4. The molecule has 1 aliphatic heterocycles. The predicted molar refractivity (Wildman–Crippen MR) is 101 cm³/mol. The highest BCUT2D eigenvalue weighted by Crippen LogP contribution is 2.29. The summed E-state index contributed by atoms with van der Waals surface area (Å²) in [7, 11) is 0. The number of carbonyl (C=O) groups excluding carboxylic acids is 1. The zero-order chi connectivity index (χ0) is 18.2. The summed E-state index contributed by atoms with van der Waals surface area (Å²) < 4.78 is 8.08. The highest BCUT2D eigenvalue weighted by Gasteiger charge is 2.29. The van der Waals surface area contributed by atoms with Gasteiger partial charge in [-0.25, -0.2) is 4.98 Å². The van der Waals surface area contributed by atoms with Gasteiger partial charge in [0.25, 0.3) is 5.91 Å². The van der Waals surface area contributed by atoms with E-state index in [1.165, 1.54) is 12.8 Å². The summed E-state index contributed by atoms with van der Waals surface area (Å²) in [6.45, 7) is 2.54. The monoisotopic (exact) mass is 362 g/mol. The summed E-state index contributed by atoms with van der Waals surface area (Å²) in [6.07, 6.45) is 4.25. The van der Waals surface area contributed by atoms with Crippen molar-refractivity contribution in [3.8, 4) is 0 Å². The first-order chi connectivity index (χ1) is 13.3. The van der Waals surface area contributed by atoms with Crippen LogP contribution in [0, 0.1) is 5.92 Å². The summed E-state index contributed by atoms with van der Waals surface area (Å²) in [6, 6.07) is 13.6. The number of para-hydroxylation sites is 1. The van der Waals surface area contributed by atoms with Gasteiger partial charge in [0, 0.05) is 24.7 Å². The molecule has 138 valence electrons. The SMILES string of the molecule is O=C(c1ccc2ccccc2n1)N1Cc2ccnn2C[C@H](OCC2CC2)C1. The van der Waals surface area contributed by atoms with Crippen LogP contribution in [0.3, 0.4) is 0 Å². The van der Waals surface area contributed by atoms with E-state index < -0.39 is 0 Å². The average Bonchev–Trinajstić information content (AvgIpc) is 3.47. The number of benzene rings is 1. The highest BCUT2D eigenvalue weighted by molar-refractivity contribution is 5.94. The van der Waals surface area contributed by atoms with Gasteiger partial charge in [0.2, 0.25) is 0 Å². The van der Waals surface area contributed by atoms with Crippen LogP contribution in [0.5, 0.6) is 0 Å². The molecule has 27 heavy (non-hydrogen) atoms. The summed E-state index contributed by atoms with van der Waals surface area (Å²) in [4.78, 5) is 19.6. The summed E-state index contributed by atoms with van der Waals surface area (Å²) in [5.74, 6) is 0.632. The number of nitrogens with zero attached hydrogens (tertiary/aromatic N) is 4. The molecule has 6 nitrogen and oxygen atoms in total. The van der Waals surface area contributed by atoms with E-state index in [9.17, 15) is 4.79 Å². The van der Waals surface area contributed by atoms with Crippen LogP contribution in [-0.4, -0.2) is 44.8 Å². The molecule has 1 amide bonds. The van der Waals surface area contributed by atoms with Crippen LogP contribution in [0.15, 0.2) is 48.7 Å². The molecular formula is C21H22N4O2. The lowest BCUT2D eigenvalue weighted by molar-refractivity contribution is 0.0135. The van der Waals surface area contributed by atoms with Crippen molar-refractivity contribution in [3.05, 3.63) is 60.0 Å². The first-order valence-corrected chi connectivity index (χ1v) is 9.53. The quantitative estimate of drug-likeness (QED) is 0.716. The summed E-state index contributed by atoms with van der Waals surface area (Å²) in [5, 5.41) is 5.44. The second-order valence-corrected chi connectivity index (χ2v) is 7.48. The van der Waals surface area contributed by atoms with E-state index in [2.05, 4.69) is 10.1 Å². The molecule has 0 N–H and O–H groups in total. The molecule has 1 aromatic carbocycles. The maximum Gasteiger partial charge on any atom is 0.272 e. The lowest BCUT2D eigenvalue weighted by Gasteiger charge is -2.24. The fraction of sp³-hybridized carbons (Fsp3) is 0.381. The van der Waals surface area contributed by atoms with Crippen molar-refractivity contribution < 1.29 is 9.53 Å². The molecule has 0 saturated heterocycles. The molecule has 1 saturated carbocycles. The van der Waals surface area contributed by atoms with Crippen LogP contribution >= 0.6 is 0 Å². The predicted octanol–water partition coefficient (Wildman–Crippen LogP) is 2.88. The average molecular weight is 362 g/mol. The van der Waals surface area contributed by atoms with Crippen molar-refractivity contribution in [3.63, 3.8) is 0 Å². The molecule has 1 atom stereocenters. The molecule has 2 aliphatic rings. The van der Waals surface area contributed by atoms with Gasteiger partial charge in [-0.2, -0.15) is 5.10 Å². The third kappa shape index (κ3) is 3.45. The van der Waals surface area contributed by atoms with Gasteiger partial charge >= 0.3 is 0 Å². The maximum absolute atomic E-state index is 13.2. The van der Waals surface area contributed by atoms with Gasteiger partial charge in [-0.15, -0.1) is 0 Å². The largest absolute Gasteiger partial charge is 0.374 e. The Hall–Kier alpha value is -2.73. The molecule has 1 aliphatic carbocycles. The Labute approximate surface area is 157 Å². The normalized spacial score (nSPS) is 19.7. The molecule has 1 fully saturated rings. The smallest absolute Gasteiger partial charge is 0.272 e. The molecule has 0 radical (unpaired) electrons. The lowest BCUT2D eigenvalue weighted by Crippen LogP contribution is -2.38. The van der Waals surface area contributed by atoms with Crippen molar-refractivity contribution in [2.45, 2.75) is 32.0 Å². The first-order valence-electron chi connectivity index (χ1n) is 9.53. The molecule has 6 heteroatoms. The maximum atomic E-state index is 13.2. The highest BCUT2D eigenvalue weighted by atomic mass is 16.5. The minimum Gasteiger partial charge on any atom is -0.374 e. The molecule has 0 unspecified atom stereocenters. The molecule has 0 spiro atoms. The summed E-state index contributed by atoms with van der Waals surface area (Å²) in [5.41, 5.74) is 2.34. The molecule has 3 heterocycles. The van der Waals surface area contributed by atoms with E-state index in [0.717, 1.165) is 23.2 Å². The van der Waals surface area contributed by atoms with Gasteiger partial charge in [-0.05, 0) is 37.0 Å². The zero-order valence-electron chi connectivity index (χ0n) is 15.1. The van der Waals surface area contributed by atoms with Crippen LogP contribution < -0.4 is 0 Å². The van der Waals surface area contributed by atoms with Crippen molar-refractivity contribution in [2.75, 3.05) is 13.2 Å². The number of ether oxygens (including phenoxy) is 1. The second-order valence-electron chi connectivity index (χ2n) is 7.48. The Morgan fingerprint density at radius 1 is 1.11 bits per heavy atom. The summed E-state index contributed by atoms with van der Waals surface area (Å²) >= 11 is 0. The molecule has 3 aromatic rings. The topological polar surface area (TPSA) is 60.2 Å². The van der Waals surface area contributed by atoms with Crippen LogP contribution in [-0.2, 0) is 17.8 Å². The van der Waals surface area contributed by atoms with Crippen LogP contribution in [0.25, 0.3) is 10.9 Å². The fourth-order valence-corrected chi connectivity index (χ4v) is 3.58. The van der Waals surface area contributed by atoms with Crippen LogP contribution in [0.1, 0.15) is 29.0 Å². The Bertz CT molecular complexity index is 979.